The minimum Gasteiger partial charge on any atom is -0.493 e. The van der Waals surface area contributed by atoms with Crippen LogP contribution in [0.3, 0.4) is 0 Å². The van der Waals surface area contributed by atoms with E-state index in [4.69, 9.17) is 26.4 Å². The molecule has 0 aliphatic rings. The maximum atomic E-state index is 5.75. The van der Waals surface area contributed by atoms with E-state index in [-0.39, 0.29) is 6.10 Å². The fourth-order valence-electron chi connectivity index (χ4n) is 2.75. The quantitative estimate of drug-likeness (QED) is 0.429. The van der Waals surface area contributed by atoms with Gasteiger partial charge >= 0.3 is 0 Å². The third-order valence-electron chi connectivity index (χ3n) is 3.95. The van der Waals surface area contributed by atoms with Crippen LogP contribution in [0.2, 0.25) is 0 Å². The van der Waals surface area contributed by atoms with Crippen LogP contribution in [0, 0.1) is 4.77 Å². The lowest BCUT2D eigenvalue weighted by Gasteiger charge is -2.13. The number of hydrogen-bond donors (Lipinski definition) is 1. The van der Waals surface area contributed by atoms with Crippen LogP contribution in [0.5, 0.6) is 17.2 Å². The van der Waals surface area contributed by atoms with Gasteiger partial charge in [-0.25, -0.2) is 5.10 Å². The Hall–Kier alpha value is -3.13. The molecule has 0 amide bonds. The lowest BCUT2D eigenvalue weighted by Crippen LogP contribution is -2.06. The number of nitrogens with one attached hydrogen (secondary N) is 1. The van der Waals surface area contributed by atoms with Crippen molar-refractivity contribution < 1.29 is 14.2 Å². The molecule has 0 aliphatic heterocycles. The topological polar surface area (TPSA) is 73.7 Å². The van der Waals surface area contributed by atoms with E-state index < -0.39 is 0 Å². The van der Waals surface area contributed by atoms with Crippen molar-refractivity contribution in [1.82, 2.24) is 14.9 Å². The minimum absolute atomic E-state index is 0.0562. The molecule has 7 nitrogen and oxygen atoms in total. The van der Waals surface area contributed by atoms with Crippen LogP contribution in [0.1, 0.15) is 26.3 Å². The van der Waals surface area contributed by atoms with Crippen molar-refractivity contribution in [2.24, 2.45) is 5.10 Å². The first-order valence-electron chi connectivity index (χ1n) is 9.32. The molecule has 0 spiro atoms. The Balaban J connectivity index is 1.95. The highest BCUT2D eigenvalue weighted by Crippen LogP contribution is 2.30. The molecule has 0 unspecified atom stereocenters. The normalized spacial score (nSPS) is 11.2. The zero-order valence-electron chi connectivity index (χ0n) is 16.9. The van der Waals surface area contributed by atoms with E-state index in [1.54, 1.807) is 18.0 Å². The molecule has 29 heavy (non-hydrogen) atoms. The second-order valence-electron chi connectivity index (χ2n) is 6.41. The first-order valence-corrected chi connectivity index (χ1v) is 9.73. The SMILES string of the molecule is CCOc1ccccc1-c1n[nH]c(=S)n1/N=C\c1ccc(OC(C)C)c(OC)c1. The molecule has 0 radical (unpaired) electrons. The summed E-state index contributed by atoms with van der Waals surface area (Å²) in [6.45, 7) is 6.43. The van der Waals surface area contributed by atoms with Crippen LogP contribution in [0.4, 0.5) is 0 Å². The number of benzene rings is 2. The summed E-state index contributed by atoms with van der Waals surface area (Å²) in [5.74, 6) is 2.62. The summed E-state index contributed by atoms with van der Waals surface area (Å²) in [6, 6.07) is 13.3. The molecular weight excluding hydrogens is 388 g/mol. The third kappa shape index (κ3) is 4.83. The molecule has 0 saturated carbocycles. The number of para-hydroxylation sites is 1. The maximum Gasteiger partial charge on any atom is 0.216 e. The fourth-order valence-corrected chi connectivity index (χ4v) is 2.93. The van der Waals surface area contributed by atoms with Crippen molar-refractivity contribution in [2.45, 2.75) is 26.9 Å². The molecule has 1 N–H and O–H groups in total. The monoisotopic (exact) mass is 412 g/mol. The second-order valence-corrected chi connectivity index (χ2v) is 6.80. The fraction of sp³-hybridized carbons (Fsp3) is 0.286. The number of ether oxygens (including phenoxy) is 3. The van der Waals surface area contributed by atoms with Gasteiger partial charge in [0.15, 0.2) is 17.3 Å². The number of nitrogens with zero attached hydrogens (tertiary/aromatic N) is 3. The van der Waals surface area contributed by atoms with Gasteiger partial charge in [0.1, 0.15) is 5.75 Å². The molecule has 0 fully saturated rings. The molecule has 152 valence electrons. The Labute approximate surface area is 174 Å². The van der Waals surface area contributed by atoms with Gasteiger partial charge in [-0.15, -0.1) is 0 Å². The summed E-state index contributed by atoms with van der Waals surface area (Å²) in [4.78, 5) is 0. The van der Waals surface area contributed by atoms with Gasteiger partial charge in [-0.2, -0.15) is 14.9 Å². The summed E-state index contributed by atoms with van der Waals surface area (Å²) in [5, 5.41) is 11.6. The first-order chi connectivity index (χ1) is 14.0. The Morgan fingerprint density at radius 1 is 1.17 bits per heavy atom. The maximum absolute atomic E-state index is 5.75. The molecular formula is C21H24N4O3S. The zero-order chi connectivity index (χ0) is 20.8. The summed E-state index contributed by atoms with van der Waals surface area (Å²) in [6.07, 6.45) is 1.75. The van der Waals surface area contributed by atoms with Gasteiger partial charge in [-0.3, -0.25) is 0 Å². The molecule has 2 aromatic carbocycles. The Morgan fingerprint density at radius 3 is 2.69 bits per heavy atom. The Morgan fingerprint density at radius 2 is 1.97 bits per heavy atom. The second kappa shape index (κ2) is 9.38. The van der Waals surface area contributed by atoms with Gasteiger partial charge in [0.2, 0.25) is 4.77 Å². The van der Waals surface area contributed by atoms with Crippen LogP contribution in [-0.2, 0) is 0 Å². The highest BCUT2D eigenvalue weighted by atomic mass is 32.1. The first kappa shape index (κ1) is 20.6. The number of aromatic amines is 1. The van der Waals surface area contributed by atoms with E-state index in [1.807, 2.05) is 63.2 Å². The molecule has 3 aromatic rings. The number of H-pyrrole nitrogens is 1. The molecule has 8 heteroatoms. The van der Waals surface area contributed by atoms with Crippen LogP contribution < -0.4 is 14.2 Å². The highest BCUT2D eigenvalue weighted by molar-refractivity contribution is 7.71. The number of rotatable bonds is 8. The van der Waals surface area contributed by atoms with E-state index in [2.05, 4.69) is 15.3 Å². The van der Waals surface area contributed by atoms with Gasteiger partial charge in [-0.1, -0.05) is 12.1 Å². The molecule has 0 aliphatic carbocycles. The van der Waals surface area contributed by atoms with Crippen molar-refractivity contribution in [3.63, 3.8) is 0 Å². The summed E-state index contributed by atoms with van der Waals surface area (Å²) in [5.41, 5.74) is 1.64. The molecule has 0 bridgehead atoms. The van der Waals surface area contributed by atoms with E-state index in [0.717, 1.165) is 16.9 Å². The van der Waals surface area contributed by atoms with Crippen LogP contribution in [0.15, 0.2) is 47.6 Å². The summed E-state index contributed by atoms with van der Waals surface area (Å²) >= 11 is 5.36. The van der Waals surface area contributed by atoms with E-state index >= 15 is 0 Å². The lowest BCUT2D eigenvalue weighted by atomic mass is 10.2. The Kier molecular flexibility index (Phi) is 6.66. The molecule has 3 rings (SSSR count). The average Bonchev–Trinajstić information content (AvgIpc) is 3.07. The van der Waals surface area contributed by atoms with Crippen molar-refractivity contribution in [3.05, 3.63) is 52.8 Å². The minimum atomic E-state index is 0.0562. The van der Waals surface area contributed by atoms with Crippen molar-refractivity contribution in [2.75, 3.05) is 13.7 Å². The molecule has 0 atom stereocenters. The van der Waals surface area contributed by atoms with Gasteiger partial charge in [0.25, 0.3) is 0 Å². The number of aromatic nitrogens is 3. The highest BCUT2D eigenvalue weighted by Gasteiger charge is 2.13. The standard InChI is InChI=1S/C21H24N4O3S/c1-5-27-17-9-7-6-8-16(17)20-23-24-21(29)25(20)22-13-15-10-11-18(28-14(2)3)19(12-15)26-4/h6-14H,5H2,1-4H3,(H,24,29)/b22-13-. The Bertz CT molecular complexity index is 1060. The van der Waals surface area contributed by atoms with Gasteiger partial charge < -0.3 is 14.2 Å². The third-order valence-corrected chi connectivity index (χ3v) is 4.22. The summed E-state index contributed by atoms with van der Waals surface area (Å²) < 4.78 is 18.8. The van der Waals surface area contributed by atoms with Crippen molar-refractivity contribution >= 4 is 18.4 Å². The molecule has 1 heterocycles. The van der Waals surface area contributed by atoms with E-state index in [1.165, 1.54) is 0 Å². The predicted octanol–water partition coefficient (Wildman–Crippen LogP) is 4.68. The predicted molar refractivity (Wildman–Crippen MR) is 116 cm³/mol. The van der Waals surface area contributed by atoms with Crippen molar-refractivity contribution in [1.29, 1.82) is 0 Å². The molecule has 1 aromatic heterocycles. The average molecular weight is 413 g/mol. The molecule has 0 saturated heterocycles. The van der Waals surface area contributed by atoms with Gasteiger partial charge in [0.05, 0.1) is 31.6 Å². The van der Waals surface area contributed by atoms with Gasteiger partial charge in [-0.05, 0) is 68.9 Å². The lowest BCUT2D eigenvalue weighted by molar-refractivity contribution is 0.230. The van der Waals surface area contributed by atoms with Crippen molar-refractivity contribution in [3.8, 4) is 28.6 Å². The van der Waals surface area contributed by atoms with Crippen LogP contribution in [0.25, 0.3) is 11.4 Å². The van der Waals surface area contributed by atoms with E-state index in [9.17, 15) is 0 Å². The zero-order valence-corrected chi connectivity index (χ0v) is 17.7. The summed E-state index contributed by atoms with van der Waals surface area (Å²) in [7, 11) is 1.61. The number of hydrogen-bond acceptors (Lipinski definition) is 6. The van der Waals surface area contributed by atoms with E-state index in [0.29, 0.717) is 28.7 Å². The number of methoxy groups -OCH3 is 1. The van der Waals surface area contributed by atoms with Crippen LogP contribution >= 0.6 is 12.2 Å². The van der Waals surface area contributed by atoms with Gasteiger partial charge in [0, 0.05) is 0 Å². The van der Waals surface area contributed by atoms with Crippen LogP contribution in [-0.4, -0.2) is 40.9 Å². The largest absolute Gasteiger partial charge is 0.493 e. The smallest absolute Gasteiger partial charge is 0.216 e.